The summed E-state index contributed by atoms with van der Waals surface area (Å²) in [6.45, 7) is 8.35. The first-order chi connectivity index (χ1) is 15.8. The number of hydrogen-bond donors (Lipinski definition) is 1. The van der Waals surface area contributed by atoms with Gasteiger partial charge in [-0.15, -0.1) is 0 Å². The minimum absolute atomic E-state index is 0.122. The van der Waals surface area contributed by atoms with Crippen LogP contribution in [0.1, 0.15) is 59.2 Å². The maximum Gasteiger partial charge on any atom is 0.295 e. The van der Waals surface area contributed by atoms with Crippen molar-refractivity contribution >= 4 is 17.4 Å². The van der Waals surface area contributed by atoms with Crippen LogP contribution in [0.3, 0.4) is 0 Å². The highest BCUT2D eigenvalue weighted by atomic mass is 16.3. The van der Waals surface area contributed by atoms with E-state index in [-0.39, 0.29) is 17.9 Å². The second-order valence-electron chi connectivity index (χ2n) is 9.05. The summed E-state index contributed by atoms with van der Waals surface area (Å²) in [5.74, 6) is -1.00. The topological polar surface area (TPSA) is 57.6 Å². The Kier molecular flexibility index (Phi) is 6.19. The van der Waals surface area contributed by atoms with E-state index < -0.39 is 17.7 Å². The Hall–Kier alpha value is -3.66. The number of aryl methyl sites for hydroxylation is 2. The zero-order chi connectivity index (χ0) is 23.7. The lowest BCUT2D eigenvalue weighted by atomic mass is 9.92. The molecule has 3 aromatic carbocycles. The molecule has 1 aliphatic heterocycles. The number of rotatable bonds is 5. The van der Waals surface area contributed by atoms with Crippen molar-refractivity contribution in [1.29, 1.82) is 0 Å². The van der Waals surface area contributed by atoms with Crippen LogP contribution in [0.4, 0.5) is 0 Å². The van der Waals surface area contributed by atoms with E-state index in [9.17, 15) is 14.7 Å². The summed E-state index contributed by atoms with van der Waals surface area (Å²) in [6.07, 6.45) is 0. The molecule has 1 amide bonds. The normalized spacial score (nSPS) is 17.7. The fraction of sp³-hybridized carbons (Fsp3) is 0.241. The highest BCUT2D eigenvalue weighted by molar-refractivity contribution is 6.46. The molecule has 4 nitrogen and oxygen atoms in total. The smallest absolute Gasteiger partial charge is 0.295 e. The molecule has 0 aliphatic carbocycles. The molecular weight excluding hydrogens is 410 g/mol. The van der Waals surface area contributed by atoms with Gasteiger partial charge in [0.05, 0.1) is 11.6 Å². The summed E-state index contributed by atoms with van der Waals surface area (Å²) in [4.78, 5) is 28.0. The van der Waals surface area contributed by atoms with E-state index in [4.69, 9.17) is 0 Å². The molecule has 0 spiro atoms. The largest absolute Gasteiger partial charge is 0.507 e. The Morgan fingerprint density at radius 2 is 1.61 bits per heavy atom. The molecular formula is C29H29NO3. The zero-order valence-corrected chi connectivity index (χ0v) is 19.5. The van der Waals surface area contributed by atoms with Gasteiger partial charge in [-0.3, -0.25) is 9.59 Å². The summed E-state index contributed by atoms with van der Waals surface area (Å²) < 4.78 is 0. The molecule has 1 saturated heterocycles. The van der Waals surface area contributed by atoms with Crippen LogP contribution in [-0.4, -0.2) is 21.7 Å². The maximum absolute atomic E-state index is 13.3. The molecule has 1 atom stereocenters. The molecule has 3 aromatic rings. The zero-order valence-electron chi connectivity index (χ0n) is 19.5. The van der Waals surface area contributed by atoms with Gasteiger partial charge in [-0.1, -0.05) is 86.1 Å². The average Bonchev–Trinajstić information content (AvgIpc) is 3.06. The maximum atomic E-state index is 13.3. The highest BCUT2D eigenvalue weighted by Gasteiger charge is 2.46. The number of likely N-dealkylation sites (tertiary alicyclic amines) is 1. The van der Waals surface area contributed by atoms with Crippen molar-refractivity contribution in [3.05, 3.63) is 112 Å². The van der Waals surface area contributed by atoms with Crippen LogP contribution in [0.5, 0.6) is 0 Å². The molecule has 0 bridgehead atoms. The number of aliphatic hydroxyl groups is 1. The fourth-order valence-electron chi connectivity index (χ4n) is 4.37. The van der Waals surface area contributed by atoms with Crippen molar-refractivity contribution in [1.82, 2.24) is 4.90 Å². The Bertz CT molecular complexity index is 1220. The van der Waals surface area contributed by atoms with Gasteiger partial charge in [-0.25, -0.2) is 0 Å². The molecule has 1 unspecified atom stereocenters. The van der Waals surface area contributed by atoms with Gasteiger partial charge in [0, 0.05) is 12.1 Å². The molecule has 4 rings (SSSR count). The molecule has 1 fully saturated rings. The number of hydrogen-bond acceptors (Lipinski definition) is 3. The number of benzene rings is 3. The van der Waals surface area contributed by atoms with Crippen LogP contribution in [0.2, 0.25) is 0 Å². The lowest BCUT2D eigenvalue weighted by molar-refractivity contribution is -0.140. The molecule has 1 N–H and O–H groups in total. The Balaban J connectivity index is 1.89. The summed E-state index contributed by atoms with van der Waals surface area (Å²) >= 11 is 0. The number of aliphatic hydroxyl groups excluding tert-OH is 1. The van der Waals surface area contributed by atoms with E-state index in [1.165, 1.54) is 5.56 Å². The molecule has 1 aliphatic rings. The van der Waals surface area contributed by atoms with Gasteiger partial charge >= 0.3 is 0 Å². The fourth-order valence-corrected chi connectivity index (χ4v) is 4.37. The predicted octanol–water partition coefficient (Wildman–Crippen LogP) is 6.05. The molecule has 4 heteroatoms. The minimum Gasteiger partial charge on any atom is -0.507 e. The highest BCUT2D eigenvalue weighted by Crippen LogP contribution is 2.41. The Labute approximate surface area is 195 Å². The van der Waals surface area contributed by atoms with Crippen molar-refractivity contribution in [2.45, 2.75) is 46.2 Å². The van der Waals surface area contributed by atoms with Gasteiger partial charge in [0.1, 0.15) is 5.76 Å². The number of ketones is 1. The third kappa shape index (κ3) is 4.34. The van der Waals surface area contributed by atoms with Gasteiger partial charge in [-0.05, 0) is 48.1 Å². The number of Topliss-reactive ketones (excluding diaryl/α,β-unsaturated/α-hetero) is 1. The van der Waals surface area contributed by atoms with Gasteiger partial charge in [0.15, 0.2) is 0 Å². The lowest BCUT2D eigenvalue weighted by Gasteiger charge is -2.26. The van der Waals surface area contributed by atoms with Crippen molar-refractivity contribution in [3.8, 4) is 0 Å². The van der Waals surface area contributed by atoms with E-state index in [0.29, 0.717) is 11.5 Å². The van der Waals surface area contributed by atoms with E-state index in [1.807, 2.05) is 86.6 Å². The second-order valence-corrected chi connectivity index (χ2v) is 9.05. The number of carbonyl (C=O) groups excluding carboxylic acids is 2. The van der Waals surface area contributed by atoms with Crippen LogP contribution >= 0.6 is 0 Å². The molecule has 0 radical (unpaired) electrons. The van der Waals surface area contributed by atoms with Crippen molar-refractivity contribution in [2.75, 3.05) is 0 Å². The number of amides is 1. The molecule has 1 heterocycles. The van der Waals surface area contributed by atoms with Crippen LogP contribution in [-0.2, 0) is 16.1 Å². The van der Waals surface area contributed by atoms with Crippen molar-refractivity contribution in [3.63, 3.8) is 0 Å². The SMILES string of the molecule is Cc1ccc(C)c(/C(O)=C2\C(=O)C(=O)N(Cc3ccccc3)C2c2ccc(C(C)C)cc2)c1. The predicted molar refractivity (Wildman–Crippen MR) is 131 cm³/mol. The molecule has 168 valence electrons. The minimum atomic E-state index is -0.661. The molecule has 0 saturated carbocycles. The Morgan fingerprint density at radius 3 is 2.24 bits per heavy atom. The average molecular weight is 440 g/mol. The monoisotopic (exact) mass is 439 g/mol. The van der Waals surface area contributed by atoms with Gasteiger partial charge in [0.2, 0.25) is 0 Å². The Morgan fingerprint density at radius 1 is 0.939 bits per heavy atom. The quantitative estimate of drug-likeness (QED) is 0.299. The number of nitrogens with zero attached hydrogens (tertiary/aromatic N) is 1. The van der Waals surface area contributed by atoms with Crippen molar-refractivity contribution < 1.29 is 14.7 Å². The summed E-state index contributed by atoms with van der Waals surface area (Å²) in [5.41, 5.74) is 5.45. The molecule has 0 aromatic heterocycles. The summed E-state index contributed by atoms with van der Waals surface area (Å²) in [6, 6.07) is 22.6. The van der Waals surface area contributed by atoms with Crippen LogP contribution in [0, 0.1) is 13.8 Å². The van der Waals surface area contributed by atoms with E-state index >= 15 is 0 Å². The van der Waals surface area contributed by atoms with E-state index in [0.717, 1.165) is 22.3 Å². The van der Waals surface area contributed by atoms with Crippen molar-refractivity contribution in [2.24, 2.45) is 0 Å². The standard InChI is InChI=1S/C29H29NO3/c1-18(2)22-12-14-23(15-13-22)26-25(27(31)24-16-19(3)10-11-20(24)4)28(32)29(33)30(26)17-21-8-6-5-7-9-21/h5-16,18,26,31H,17H2,1-4H3/b27-25+. The van der Waals surface area contributed by atoms with Gasteiger partial charge < -0.3 is 10.0 Å². The second kappa shape index (κ2) is 9.07. The van der Waals surface area contributed by atoms with Crippen LogP contribution in [0.25, 0.3) is 5.76 Å². The van der Waals surface area contributed by atoms with E-state index in [1.54, 1.807) is 4.90 Å². The van der Waals surface area contributed by atoms with Gasteiger partial charge in [-0.2, -0.15) is 0 Å². The first kappa shape index (κ1) is 22.5. The first-order valence-electron chi connectivity index (χ1n) is 11.3. The summed E-state index contributed by atoms with van der Waals surface area (Å²) in [7, 11) is 0. The third-order valence-electron chi connectivity index (χ3n) is 6.30. The first-order valence-corrected chi connectivity index (χ1v) is 11.3. The molecule has 33 heavy (non-hydrogen) atoms. The van der Waals surface area contributed by atoms with Gasteiger partial charge in [0.25, 0.3) is 11.7 Å². The van der Waals surface area contributed by atoms with Crippen LogP contribution in [0.15, 0.2) is 78.4 Å². The number of carbonyl (C=O) groups is 2. The lowest BCUT2D eigenvalue weighted by Crippen LogP contribution is -2.29. The summed E-state index contributed by atoms with van der Waals surface area (Å²) in [5, 5.41) is 11.4. The third-order valence-corrected chi connectivity index (χ3v) is 6.30. The van der Waals surface area contributed by atoms with E-state index in [2.05, 4.69) is 13.8 Å². The van der Waals surface area contributed by atoms with Crippen LogP contribution < -0.4 is 0 Å².